The van der Waals surface area contributed by atoms with Crippen molar-refractivity contribution in [2.24, 2.45) is 10.9 Å². The van der Waals surface area contributed by atoms with E-state index in [9.17, 15) is 0 Å². The van der Waals surface area contributed by atoms with Crippen molar-refractivity contribution in [3.05, 3.63) is 21.9 Å². The fraction of sp³-hybridized carbons (Fsp3) is 0.643. The normalized spacial score (nSPS) is 19.3. The van der Waals surface area contributed by atoms with E-state index in [1.807, 2.05) is 23.1 Å². The number of thioether (sulfide) groups is 1. The highest BCUT2D eigenvalue weighted by Gasteiger charge is 2.25. The maximum absolute atomic E-state index is 4.64. The van der Waals surface area contributed by atoms with Crippen LogP contribution < -0.4 is 5.32 Å². The lowest BCUT2D eigenvalue weighted by Gasteiger charge is -2.18. The van der Waals surface area contributed by atoms with Crippen molar-refractivity contribution >= 4 is 28.3 Å². The van der Waals surface area contributed by atoms with E-state index in [1.165, 1.54) is 23.3 Å². The second-order valence-electron chi connectivity index (χ2n) is 4.76. The van der Waals surface area contributed by atoms with Gasteiger partial charge in [-0.15, -0.1) is 11.3 Å². The number of amidine groups is 1. The van der Waals surface area contributed by atoms with Crippen molar-refractivity contribution in [1.29, 1.82) is 0 Å². The van der Waals surface area contributed by atoms with Crippen molar-refractivity contribution < 1.29 is 0 Å². The predicted octanol–water partition coefficient (Wildman–Crippen LogP) is 4.05. The van der Waals surface area contributed by atoms with Crippen molar-refractivity contribution in [2.75, 3.05) is 6.54 Å². The smallest absolute Gasteiger partial charge is 0.157 e. The molecule has 18 heavy (non-hydrogen) atoms. The molecule has 1 N–H and O–H groups in total. The van der Waals surface area contributed by atoms with Crippen LogP contribution in [0.4, 0.5) is 0 Å². The monoisotopic (exact) mass is 282 g/mol. The van der Waals surface area contributed by atoms with Gasteiger partial charge in [0, 0.05) is 10.1 Å². The molecule has 4 heteroatoms. The van der Waals surface area contributed by atoms with Crippen molar-refractivity contribution in [1.82, 2.24) is 5.32 Å². The lowest BCUT2D eigenvalue weighted by molar-refractivity contribution is 0.479. The van der Waals surface area contributed by atoms with Gasteiger partial charge >= 0.3 is 0 Å². The van der Waals surface area contributed by atoms with Gasteiger partial charge in [0.1, 0.15) is 0 Å². The largest absolute Gasteiger partial charge is 0.360 e. The minimum Gasteiger partial charge on any atom is -0.360 e. The van der Waals surface area contributed by atoms with Crippen LogP contribution >= 0.6 is 23.1 Å². The summed E-state index contributed by atoms with van der Waals surface area (Å²) in [4.78, 5) is 6.06. The zero-order valence-electron chi connectivity index (χ0n) is 11.4. The number of thiophene rings is 1. The van der Waals surface area contributed by atoms with Gasteiger partial charge in [-0.1, -0.05) is 38.5 Å². The van der Waals surface area contributed by atoms with Gasteiger partial charge in [0.15, 0.2) is 5.17 Å². The first-order valence-corrected chi connectivity index (χ1v) is 8.48. The molecule has 1 aromatic rings. The predicted molar refractivity (Wildman–Crippen MR) is 83.6 cm³/mol. The molecule has 0 aromatic carbocycles. The van der Waals surface area contributed by atoms with E-state index in [1.54, 1.807) is 0 Å². The van der Waals surface area contributed by atoms with Crippen LogP contribution in [0, 0.1) is 12.8 Å². The standard InChI is InChI=1S/C14H22N2S2/c1-4-11(5-2)13-9-16-14(18-13)15-8-12-10(3)6-7-17-12/h6-7,11,13H,4-5,8-9H2,1-3H3,(H,15,16). The van der Waals surface area contributed by atoms with Crippen LogP contribution in [0.3, 0.4) is 0 Å². The van der Waals surface area contributed by atoms with Crippen LogP contribution in [0.2, 0.25) is 0 Å². The van der Waals surface area contributed by atoms with E-state index in [-0.39, 0.29) is 0 Å². The summed E-state index contributed by atoms with van der Waals surface area (Å²) in [5.41, 5.74) is 1.38. The number of hydrogen-bond donors (Lipinski definition) is 1. The van der Waals surface area contributed by atoms with Gasteiger partial charge in [-0.25, -0.2) is 0 Å². The molecule has 2 rings (SSSR count). The van der Waals surface area contributed by atoms with Gasteiger partial charge in [-0.05, 0) is 29.9 Å². The summed E-state index contributed by atoms with van der Waals surface area (Å²) in [5, 5.41) is 7.46. The highest BCUT2D eigenvalue weighted by Crippen LogP contribution is 2.30. The molecule has 0 bridgehead atoms. The first-order chi connectivity index (χ1) is 8.74. The van der Waals surface area contributed by atoms with E-state index < -0.39 is 0 Å². The maximum atomic E-state index is 4.64. The fourth-order valence-corrected chi connectivity index (χ4v) is 4.45. The molecular formula is C14H22N2S2. The van der Waals surface area contributed by atoms with Gasteiger partial charge in [0.25, 0.3) is 0 Å². The Labute approximate surface area is 118 Å². The molecule has 0 aliphatic carbocycles. The Hall–Kier alpha value is -0.480. The molecule has 1 unspecified atom stereocenters. The van der Waals surface area contributed by atoms with Crippen LogP contribution in [-0.2, 0) is 6.54 Å². The highest BCUT2D eigenvalue weighted by atomic mass is 32.2. The minimum absolute atomic E-state index is 0.687. The topological polar surface area (TPSA) is 24.4 Å². The molecule has 0 saturated carbocycles. The van der Waals surface area contributed by atoms with Crippen LogP contribution in [0.1, 0.15) is 37.1 Å². The number of aryl methyl sites for hydroxylation is 1. The molecule has 0 saturated heterocycles. The first kappa shape index (κ1) is 13.9. The molecule has 0 radical (unpaired) electrons. The Morgan fingerprint density at radius 2 is 2.22 bits per heavy atom. The molecule has 1 atom stereocenters. The second kappa shape index (κ2) is 6.62. The summed E-state index contributed by atoms with van der Waals surface area (Å²) >= 11 is 3.76. The Morgan fingerprint density at radius 1 is 1.44 bits per heavy atom. The molecule has 2 nitrogen and oxygen atoms in total. The van der Waals surface area contributed by atoms with Gasteiger partial charge < -0.3 is 5.32 Å². The van der Waals surface area contributed by atoms with Crippen LogP contribution in [0.15, 0.2) is 16.4 Å². The number of aliphatic imine (C=N–C) groups is 1. The number of rotatable bonds is 5. The minimum atomic E-state index is 0.687. The summed E-state index contributed by atoms with van der Waals surface area (Å²) in [6.07, 6.45) is 2.53. The molecule has 1 aromatic heterocycles. The molecule has 0 fully saturated rings. The van der Waals surface area contributed by atoms with Crippen LogP contribution in [0.25, 0.3) is 0 Å². The van der Waals surface area contributed by atoms with Crippen molar-refractivity contribution in [3.8, 4) is 0 Å². The first-order valence-electron chi connectivity index (χ1n) is 6.72. The average molecular weight is 282 g/mol. The maximum Gasteiger partial charge on any atom is 0.157 e. The number of nitrogens with zero attached hydrogens (tertiary/aromatic N) is 1. The Morgan fingerprint density at radius 3 is 2.83 bits per heavy atom. The van der Waals surface area contributed by atoms with E-state index in [2.05, 4.69) is 42.5 Å². The highest BCUT2D eigenvalue weighted by molar-refractivity contribution is 8.14. The SMILES string of the molecule is CCC(CC)C1CN=C(NCc2sccc2C)S1. The van der Waals surface area contributed by atoms with Crippen molar-refractivity contribution in [2.45, 2.75) is 45.4 Å². The third-order valence-corrected chi connectivity index (χ3v) is 5.98. The lowest BCUT2D eigenvalue weighted by Crippen LogP contribution is -2.21. The number of nitrogens with one attached hydrogen (secondary N) is 1. The van der Waals surface area contributed by atoms with Gasteiger partial charge in [-0.3, -0.25) is 4.99 Å². The Kier molecular flexibility index (Phi) is 5.13. The molecule has 100 valence electrons. The van der Waals surface area contributed by atoms with E-state index in [0.717, 1.165) is 24.2 Å². The average Bonchev–Trinajstić information content (AvgIpc) is 2.98. The third kappa shape index (κ3) is 3.29. The lowest BCUT2D eigenvalue weighted by atomic mass is 9.99. The second-order valence-corrected chi connectivity index (χ2v) is 6.99. The summed E-state index contributed by atoms with van der Waals surface area (Å²) in [7, 11) is 0. The fourth-order valence-electron chi connectivity index (χ4n) is 2.29. The quantitative estimate of drug-likeness (QED) is 0.881. The van der Waals surface area contributed by atoms with Gasteiger partial charge in [0.05, 0.1) is 13.1 Å². The molecular weight excluding hydrogens is 260 g/mol. The number of hydrogen-bond acceptors (Lipinski definition) is 4. The third-order valence-electron chi connectivity index (χ3n) is 3.62. The summed E-state index contributed by atoms with van der Waals surface area (Å²) in [6.45, 7) is 8.65. The zero-order chi connectivity index (χ0) is 13.0. The molecule has 0 amide bonds. The van der Waals surface area contributed by atoms with Crippen LogP contribution in [0.5, 0.6) is 0 Å². The molecule has 0 spiro atoms. The zero-order valence-corrected chi connectivity index (χ0v) is 13.0. The molecule has 2 heterocycles. The van der Waals surface area contributed by atoms with Crippen LogP contribution in [-0.4, -0.2) is 17.0 Å². The summed E-state index contributed by atoms with van der Waals surface area (Å²) in [5.74, 6) is 0.807. The van der Waals surface area contributed by atoms with Crippen molar-refractivity contribution in [3.63, 3.8) is 0 Å². The molecule has 1 aliphatic rings. The van der Waals surface area contributed by atoms with E-state index in [4.69, 9.17) is 0 Å². The van der Waals surface area contributed by atoms with Gasteiger partial charge in [0.2, 0.25) is 0 Å². The Balaban J connectivity index is 1.81. The Bertz CT molecular complexity index is 408. The van der Waals surface area contributed by atoms with Gasteiger partial charge in [-0.2, -0.15) is 0 Å². The molecule has 1 aliphatic heterocycles. The van der Waals surface area contributed by atoms with E-state index >= 15 is 0 Å². The van der Waals surface area contributed by atoms with E-state index in [0.29, 0.717) is 5.25 Å². The summed E-state index contributed by atoms with van der Waals surface area (Å²) < 4.78 is 0. The summed E-state index contributed by atoms with van der Waals surface area (Å²) in [6, 6.07) is 2.18.